The first-order valence-corrected chi connectivity index (χ1v) is 12.7. The van der Waals surface area contributed by atoms with E-state index < -0.39 is 33.2 Å². The van der Waals surface area contributed by atoms with Crippen molar-refractivity contribution in [3.8, 4) is 5.75 Å². The van der Waals surface area contributed by atoms with Crippen molar-refractivity contribution in [2.45, 2.75) is 58.0 Å². The van der Waals surface area contributed by atoms with Gasteiger partial charge in [-0.2, -0.15) is 8.42 Å². The number of halogens is 1. The zero-order valence-corrected chi connectivity index (χ0v) is 21.7. The van der Waals surface area contributed by atoms with E-state index in [0.717, 1.165) is 5.56 Å². The van der Waals surface area contributed by atoms with Crippen LogP contribution in [0.25, 0.3) is 11.0 Å². The molecule has 182 valence electrons. The van der Waals surface area contributed by atoms with Crippen molar-refractivity contribution in [3.05, 3.63) is 66.3 Å². The third kappa shape index (κ3) is 4.45. The van der Waals surface area contributed by atoms with Gasteiger partial charge in [-0.15, -0.1) is 0 Å². The Hall–Kier alpha value is -2.47. The normalized spacial score (nSPS) is 17.9. The fraction of sp³-hybridized carbons (Fsp3) is 0.391. The zero-order chi connectivity index (χ0) is 25.0. The van der Waals surface area contributed by atoms with Crippen molar-refractivity contribution in [2.75, 3.05) is 6.61 Å². The highest BCUT2D eigenvalue weighted by Crippen LogP contribution is 2.33. The Kier molecular flexibility index (Phi) is 6.26. The van der Waals surface area contributed by atoms with Crippen molar-refractivity contribution in [3.63, 3.8) is 0 Å². The highest BCUT2D eigenvalue weighted by molar-refractivity contribution is 9.10. The summed E-state index contributed by atoms with van der Waals surface area (Å²) in [6.07, 6.45) is -0.409. The summed E-state index contributed by atoms with van der Waals surface area (Å²) in [7, 11) is -4.34. The molecule has 0 spiro atoms. The van der Waals surface area contributed by atoms with Gasteiger partial charge in [0.15, 0.2) is 17.1 Å². The van der Waals surface area contributed by atoms with Gasteiger partial charge in [0.1, 0.15) is 16.4 Å². The lowest BCUT2D eigenvalue weighted by atomic mass is 10.1. The van der Waals surface area contributed by atoms with Crippen LogP contribution in [0.2, 0.25) is 0 Å². The molecule has 0 saturated carbocycles. The van der Waals surface area contributed by atoms with E-state index >= 15 is 0 Å². The lowest BCUT2D eigenvalue weighted by Crippen LogP contribution is -2.32. The molecule has 9 nitrogen and oxygen atoms in total. The van der Waals surface area contributed by atoms with E-state index in [1.807, 2.05) is 6.92 Å². The lowest BCUT2D eigenvalue weighted by Gasteiger charge is -2.20. The summed E-state index contributed by atoms with van der Waals surface area (Å²) in [6, 6.07) is 6.04. The molecule has 34 heavy (non-hydrogen) atoms. The Morgan fingerprint density at radius 3 is 2.38 bits per heavy atom. The standard InChI is InChI=1S/C23H24BrNO8S/c1-12-6-8-16(9-7-12)34(28,29)33-19-13(2)22(27)31-20-17(19)21(26)25(14(3)18(20)24)10-15-11-30-23(4,5)32-15/h6-9,15H,10-11H2,1-5H3. The van der Waals surface area contributed by atoms with Gasteiger partial charge in [0, 0.05) is 5.69 Å². The number of aryl methyl sites for hydroxylation is 1. The molecule has 0 amide bonds. The number of ether oxygens (including phenoxy) is 2. The van der Waals surface area contributed by atoms with Crippen molar-refractivity contribution in [1.29, 1.82) is 0 Å². The summed E-state index contributed by atoms with van der Waals surface area (Å²) >= 11 is 3.39. The summed E-state index contributed by atoms with van der Waals surface area (Å²) < 4.78 is 50.0. The Bertz CT molecular complexity index is 1500. The number of aromatic nitrogens is 1. The summed E-state index contributed by atoms with van der Waals surface area (Å²) in [4.78, 5) is 26.0. The maximum atomic E-state index is 13.6. The minimum atomic E-state index is -4.34. The quantitative estimate of drug-likeness (QED) is 0.440. The van der Waals surface area contributed by atoms with Gasteiger partial charge in [-0.25, -0.2) is 4.79 Å². The average Bonchev–Trinajstić information content (AvgIpc) is 3.11. The van der Waals surface area contributed by atoms with Gasteiger partial charge >= 0.3 is 15.7 Å². The molecule has 0 aliphatic carbocycles. The lowest BCUT2D eigenvalue weighted by molar-refractivity contribution is -0.139. The summed E-state index contributed by atoms with van der Waals surface area (Å²) in [6.45, 7) is 8.82. The molecule has 1 atom stereocenters. The van der Waals surface area contributed by atoms with Crippen LogP contribution in [0.5, 0.6) is 5.75 Å². The van der Waals surface area contributed by atoms with Crippen molar-refractivity contribution >= 4 is 37.0 Å². The summed E-state index contributed by atoms with van der Waals surface area (Å²) in [5.74, 6) is -1.15. The minimum absolute atomic E-state index is 0.0904. The molecule has 0 N–H and O–H groups in total. The number of benzene rings is 1. The molecule has 3 heterocycles. The molecule has 0 bridgehead atoms. The van der Waals surface area contributed by atoms with E-state index in [-0.39, 0.29) is 40.3 Å². The molecule has 1 aliphatic heterocycles. The summed E-state index contributed by atoms with van der Waals surface area (Å²) in [5.41, 5.74) is -0.274. The van der Waals surface area contributed by atoms with E-state index in [4.69, 9.17) is 18.1 Å². The first-order chi connectivity index (χ1) is 15.8. The molecular formula is C23H24BrNO8S. The third-order valence-electron chi connectivity index (χ3n) is 5.63. The highest BCUT2D eigenvalue weighted by atomic mass is 79.9. The molecule has 1 unspecified atom stereocenters. The van der Waals surface area contributed by atoms with Crippen molar-refractivity contribution in [1.82, 2.24) is 4.57 Å². The monoisotopic (exact) mass is 553 g/mol. The number of nitrogens with zero attached hydrogens (tertiary/aromatic N) is 1. The van der Waals surface area contributed by atoms with E-state index in [9.17, 15) is 18.0 Å². The van der Waals surface area contributed by atoms with E-state index in [1.165, 1.54) is 23.6 Å². The van der Waals surface area contributed by atoms with Crippen LogP contribution in [0.1, 0.15) is 30.7 Å². The number of hydrogen-bond donors (Lipinski definition) is 0. The van der Waals surface area contributed by atoms with Gasteiger partial charge in [0.25, 0.3) is 5.56 Å². The van der Waals surface area contributed by atoms with Gasteiger partial charge in [-0.3, -0.25) is 4.79 Å². The fourth-order valence-electron chi connectivity index (χ4n) is 3.77. The van der Waals surface area contributed by atoms with Crippen LogP contribution in [0.15, 0.2) is 47.6 Å². The molecule has 1 aliphatic rings. The van der Waals surface area contributed by atoms with Crippen LogP contribution in [-0.4, -0.2) is 31.5 Å². The van der Waals surface area contributed by atoms with Gasteiger partial charge in [-0.05, 0) is 62.7 Å². The van der Waals surface area contributed by atoms with Crippen LogP contribution >= 0.6 is 15.9 Å². The van der Waals surface area contributed by atoms with Gasteiger partial charge in [-0.1, -0.05) is 17.7 Å². The second-order valence-corrected chi connectivity index (χ2v) is 11.0. The smallest absolute Gasteiger partial charge is 0.343 e. The Labute approximate surface area is 204 Å². The maximum Gasteiger partial charge on any atom is 0.343 e. The number of fused-ring (bicyclic) bond motifs is 1. The third-order valence-corrected chi connectivity index (χ3v) is 7.80. The molecule has 0 radical (unpaired) electrons. The summed E-state index contributed by atoms with van der Waals surface area (Å²) in [5, 5.41) is -0.163. The molecule has 1 fully saturated rings. The van der Waals surface area contributed by atoms with Crippen LogP contribution in [0.4, 0.5) is 0 Å². The van der Waals surface area contributed by atoms with Crippen LogP contribution in [0, 0.1) is 20.8 Å². The SMILES string of the molecule is Cc1ccc(S(=O)(=O)Oc2c(C)c(=O)oc3c(Br)c(C)n(CC4COC(C)(C)O4)c(=O)c23)cc1. The minimum Gasteiger partial charge on any atom is -0.421 e. The number of pyridine rings is 1. The second kappa shape index (κ2) is 8.63. The zero-order valence-electron chi connectivity index (χ0n) is 19.3. The van der Waals surface area contributed by atoms with Crippen molar-refractivity contribution in [2.24, 2.45) is 0 Å². The Balaban J connectivity index is 1.90. The predicted molar refractivity (Wildman–Crippen MR) is 128 cm³/mol. The molecule has 11 heteroatoms. The number of rotatable bonds is 5. The molecule has 1 saturated heterocycles. The first-order valence-electron chi connectivity index (χ1n) is 10.5. The van der Waals surface area contributed by atoms with E-state index in [1.54, 1.807) is 32.9 Å². The Morgan fingerprint density at radius 1 is 1.15 bits per heavy atom. The topological polar surface area (TPSA) is 114 Å². The maximum absolute atomic E-state index is 13.6. The number of hydrogen-bond acceptors (Lipinski definition) is 8. The van der Waals surface area contributed by atoms with Crippen LogP contribution < -0.4 is 15.4 Å². The Morgan fingerprint density at radius 2 is 1.79 bits per heavy atom. The molecule has 1 aromatic carbocycles. The van der Waals surface area contributed by atoms with E-state index in [0.29, 0.717) is 10.2 Å². The van der Waals surface area contributed by atoms with Gasteiger partial charge in [0.05, 0.1) is 23.2 Å². The van der Waals surface area contributed by atoms with Crippen LogP contribution in [-0.2, 0) is 26.1 Å². The predicted octanol–water partition coefficient (Wildman–Crippen LogP) is 3.56. The second-order valence-electron chi connectivity index (χ2n) is 8.66. The first kappa shape index (κ1) is 24.6. The fourth-order valence-corrected chi connectivity index (χ4v) is 5.25. The van der Waals surface area contributed by atoms with Crippen molar-refractivity contribution < 1.29 is 26.5 Å². The van der Waals surface area contributed by atoms with Gasteiger partial charge in [0.2, 0.25) is 0 Å². The molecule has 3 aromatic rings. The average molecular weight is 554 g/mol. The molecule has 2 aromatic heterocycles. The highest BCUT2D eigenvalue weighted by Gasteiger charge is 2.34. The van der Waals surface area contributed by atoms with E-state index in [2.05, 4.69) is 15.9 Å². The van der Waals surface area contributed by atoms with Crippen LogP contribution in [0.3, 0.4) is 0 Å². The van der Waals surface area contributed by atoms with Gasteiger partial charge < -0.3 is 22.6 Å². The molecule has 4 rings (SSSR count). The molecular weight excluding hydrogens is 530 g/mol. The largest absolute Gasteiger partial charge is 0.421 e.